The van der Waals surface area contributed by atoms with Crippen LogP contribution < -0.4 is 4.90 Å². The van der Waals surface area contributed by atoms with Gasteiger partial charge in [-0.25, -0.2) is 9.59 Å². The van der Waals surface area contributed by atoms with Gasteiger partial charge >= 0.3 is 30.6 Å². The summed E-state index contributed by atoms with van der Waals surface area (Å²) in [7, 11) is 0. The summed E-state index contributed by atoms with van der Waals surface area (Å²) >= 11 is 0. The molecule has 208 valence electrons. The third kappa shape index (κ3) is 6.90. The third-order valence-electron chi connectivity index (χ3n) is 6.06. The van der Waals surface area contributed by atoms with Crippen molar-refractivity contribution in [3.63, 3.8) is 0 Å². The number of anilines is 1. The molecule has 1 N–H and O–H groups in total. The van der Waals surface area contributed by atoms with E-state index in [1.165, 1.54) is 17.0 Å². The minimum absolute atomic E-state index is 0.00434. The van der Waals surface area contributed by atoms with Crippen LogP contribution in [-0.2, 0) is 22.3 Å². The summed E-state index contributed by atoms with van der Waals surface area (Å²) in [6, 6.07) is 2.14. The van der Waals surface area contributed by atoms with Gasteiger partial charge in [0.2, 0.25) is 0 Å². The molecule has 2 fully saturated rings. The molecule has 16 heteroatoms. The second-order valence-corrected chi connectivity index (χ2v) is 8.65. The number of carboxylic acid groups (broad SMARTS) is 1. The van der Waals surface area contributed by atoms with E-state index in [1.54, 1.807) is 4.90 Å². The molecule has 0 aliphatic carbocycles. The first-order valence-electron chi connectivity index (χ1n) is 11.0. The van der Waals surface area contributed by atoms with E-state index in [1.807, 2.05) is 0 Å². The van der Waals surface area contributed by atoms with Gasteiger partial charge in [0.05, 0.1) is 5.56 Å². The Kier molecular flexibility index (Phi) is 8.10. The maximum absolute atomic E-state index is 13.6. The van der Waals surface area contributed by atoms with Gasteiger partial charge in [-0.3, -0.25) is 4.90 Å². The largest absolute Gasteiger partial charge is 0.480 e. The number of halogens is 9. The molecule has 7 nitrogen and oxygen atoms in total. The highest BCUT2D eigenvalue weighted by molar-refractivity contribution is 5.79. The second kappa shape index (κ2) is 10.5. The fourth-order valence-corrected chi connectivity index (χ4v) is 4.31. The Balaban J connectivity index is 1.68. The van der Waals surface area contributed by atoms with Gasteiger partial charge in [-0.2, -0.15) is 39.5 Å². The molecule has 0 unspecified atom stereocenters. The molecule has 1 aromatic carbocycles. The first kappa shape index (κ1) is 28.7. The number of benzene rings is 1. The number of carbonyl (C=O) groups is 2. The molecule has 2 aliphatic rings. The Labute approximate surface area is 204 Å². The highest BCUT2D eigenvalue weighted by atomic mass is 19.4. The first-order valence-corrected chi connectivity index (χ1v) is 11.0. The van der Waals surface area contributed by atoms with Gasteiger partial charge < -0.3 is 19.6 Å². The van der Waals surface area contributed by atoms with E-state index in [9.17, 15) is 54.2 Å². The molecule has 2 heterocycles. The highest BCUT2D eigenvalue weighted by Crippen LogP contribution is 2.40. The van der Waals surface area contributed by atoms with Gasteiger partial charge in [0.1, 0.15) is 6.04 Å². The maximum atomic E-state index is 13.6. The summed E-state index contributed by atoms with van der Waals surface area (Å²) in [4.78, 5) is 26.9. The normalized spacial score (nSPS) is 20.0. The van der Waals surface area contributed by atoms with E-state index in [0.29, 0.717) is 16.9 Å². The topological polar surface area (TPSA) is 73.3 Å². The van der Waals surface area contributed by atoms with Gasteiger partial charge in [-0.05, 0) is 30.5 Å². The van der Waals surface area contributed by atoms with Crippen molar-refractivity contribution in [2.45, 2.75) is 50.1 Å². The van der Waals surface area contributed by atoms with Crippen molar-refractivity contribution >= 4 is 17.7 Å². The average Bonchev–Trinajstić information content (AvgIpc) is 3.26. The number of amides is 1. The van der Waals surface area contributed by atoms with Gasteiger partial charge in [0.15, 0.2) is 0 Å². The number of aliphatic carboxylic acids is 1. The molecule has 0 bridgehead atoms. The van der Waals surface area contributed by atoms with E-state index < -0.39 is 48.3 Å². The Bertz CT molecular complexity index is 975. The summed E-state index contributed by atoms with van der Waals surface area (Å²) in [5.41, 5.74) is -0.910. The van der Waals surface area contributed by atoms with Crippen molar-refractivity contribution in [3.8, 4) is 0 Å². The van der Waals surface area contributed by atoms with Crippen molar-refractivity contribution < 1.29 is 58.9 Å². The number of rotatable bonds is 5. The van der Waals surface area contributed by atoms with Gasteiger partial charge in [-0.15, -0.1) is 0 Å². The van der Waals surface area contributed by atoms with Crippen LogP contribution in [0.5, 0.6) is 0 Å². The fraction of sp³-hybridized carbons (Fsp3) is 0.619. The molecule has 0 spiro atoms. The van der Waals surface area contributed by atoms with Crippen molar-refractivity contribution in [2.24, 2.45) is 0 Å². The summed E-state index contributed by atoms with van der Waals surface area (Å²) in [6.45, 7) is -0.399. The van der Waals surface area contributed by atoms with E-state index in [-0.39, 0.29) is 51.4 Å². The van der Waals surface area contributed by atoms with Crippen molar-refractivity contribution in [1.82, 2.24) is 9.80 Å². The summed E-state index contributed by atoms with van der Waals surface area (Å²) < 4.78 is 120. The zero-order valence-corrected chi connectivity index (χ0v) is 19.0. The van der Waals surface area contributed by atoms with Gasteiger partial charge in [0, 0.05) is 45.0 Å². The lowest BCUT2D eigenvalue weighted by Gasteiger charge is -2.35. The Morgan fingerprint density at radius 3 is 2.05 bits per heavy atom. The molecule has 2 saturated heterocycles. The Morgan fingerprint density at radius 2 is 1.54 bits per heavy atom. The number of nitrogens with zero attached hydrogens (tertiary/aromatic N) is 3. The predicted octanol–water partition coefficient (Wildman–Crippen LogP) is 4.51. The molecule has 0 radical (unpaired) electrons. The number of piperazine rings is 1. The number of hydrogen-bond donors (Lipinski definition) is 1. The molecule has 0 aromatic heterocycles. The van der Waals surface area contributed by atoms with E-state index in [0.717, 1.165) is 6.07 Å². The Hall–Kier alpha value is -2.91. The number of ether oxygens (including phenoxy) is 1. The molecular formula is C21H22F9N3O4. The summed E-state index contributed by atoms with van der Waals surface area (Å²) in [5.74, 6) is -1.25. The van der Waals surface area contributed by atoms with Crippen LogP contribution in [0.15, 0.2) is 18.2 Å². The van der Waals surface area contributed by atoms with Crippen molar-refractivity contribution in [2.75, 3.05) is 37.6 Å². The monoisotopic (exact) mass is 551 g/mol. The molecule has 37 heavy (non-hydrogen) atoms. The Morgan fingerprint density at radius 1 is 0.946 bits per heavy atom. The molecule has 1 amide bonds. The van der Waals surface area contributed by atoms with Crippen LogP contribution in [0.25, 0.3) is 0 Å². The van der Waals surface area contributed by atoms with E-state index in [4.69, 9.17) is 0 Å². The number of carboxylic acids is 1. The quantitative estimate of drug-likeness (QED) is 0.544. The maximum Gasteiger partial charge on any atom is 0.434 e. The molecule has 1 atom stereocenters. The summed E-state index contributed by atoms with van der Waals surface area (Å²) in [6.07, 6.45) is -21.9. The first-order chi connectivity index (χ1) is 17.0. The van der Waals surface area contributed by atoms with Crippen LogP contribution in [0.4, 0.5) is 50.0 Å². The minimum Gasteiger partial charge on any atom is -0.480 e. The smallest absolute Gasteiger partial charge is 0.434 e. The zero-order chi connectivity index (χ0) is 27.8. The lowest BCUT2D eigenvalue weighted by Crippen LogP contribution is -2.52. The molecule has 1 aromatic rings. The molecule has 2 aliphatic heterocycles. The minimum atomic E-state index is -5.84. The standard InChI is InChI=1S/C21H22F9N3O4/c22-19(23,24)13-4-3-12(10-15(13)33-5-1-2-14(33)16(34)35)11-31-6-8-32(9-7-31)18(36)37-17(20(25,26)27)21(28,29)30/h3-4,10,14,17H,1-2,5-9,11H2,(H,34,35)/t14-/m0/s1. The van der Waals surface area contributed by atoms with E-state index >= 15 is 0 Å². The number of hydrogen-bond acceptors (Lipinski definition) is 5. The third-order valence-corrected chi connectivity index (χ3v) is 6.06. The summed E-state index contributed by atoms with van der Waals surface area (Å²) in [5, 5.41) is 9.38. The van der Waals surface area contributed by atoms with Gasteiger partial charge in [-0.1, -0.05) is 6.07 Å². The van der Waals surface area contributed by atoms with E-state index in [2.05, 4.69) is 4.74 Å². The van der Waals surface area contributed by atoms with Crippen molar-refractivity contribution in [1.29, 1.82) is 0 Å². The molecule has 3 rings (SSSR count). The van der Waals surface area contributed by atoms with Crippen LogP contribution in [0.1, 0.15) is 24.0 Å². The van der Waals surface area contributed by atoms with Crippen LogP contribution in [0.3, 0.4) is 0 Å². The fourth-order valence-electron chi connectivity index (χ4n) is 4.31. The number of carbonyl (C=O) groups excluding carboxylic acids is 1. The second-order valence-electron chi connectivity index (χ2n) is 8.65. The van der Waals surface area contributed by atoms with Gasteiger partial charge in [0.25, 0.3) is 6.10 Å². The van der Waals surface area contributed by atoms with Crippen LogP contribution in [0.2, 0.25) is 0 Å². The van der Waals surface area contributed by atoms with Crippen LogP contribution >= 0.6 is 0 Å². The van der Waals surface area contributed by atoms with Crippen molar-refractivity contribution in [3.05, 3.63) is 29.3 Å². The lowest BCUT2D eigenvalue weighted by molar-refractivity contribution is -0.308. The lowest BCUT2D eigenvalue weighted by atomic mass is 10.1. The molecule has 0 saturated carbocycles. The van der Waals surface area contributed by atoms with Crippen LogP contribution in [0, 0.1) is 0 Å². The SMILES string of the molecule is O=C(O)[C@@H]1CCCN1c1cc(CN2CCN(C(=O)OC(C(F)(F)F)C(F)(F)F)CC2)ccc1C(F)(F)F. The van der Waals surface area contributed by atoms with Crippen LogP contribution in [-0.4, -0.2) is 84.2 Å². The highest BCUT2D eigenvalue weighted by Gasteiger charge is 2.60. The number of alkyl halides is 9. The average molecular weight is 551 g/mol. The molecular weight excluding hydrogens is 529 g/mol. The predicted molar refractivity (Wildman–Crippen MR) is 109 cm³/mol. The zero-order valence-electron chi connectivity index (χ0n) is 19.0.